The lowest BCUT2D eigenvalue weighted by atomic mass is 9.55. The van der Waals surface area contributed by atoms with Gasteiger partial charge in [-0.15, -0.1) is 6.58 Å². The number of amides is 1. The second-order valence-electron chi connectivity index (χ2n) is 16.5. The number of fused-ring (bicyclic) bond motifs is 2. The monoisotopic (exact) mass is 820 g/mol. The third kappa shape index (κ3) is 9.18. The summed E-state index contributed by atoms with van der Waals surface area (Å²) in [7, 11) is 1.52. The molecule has 7 rings (SSSR count). The van der Waals surface area contributed by atoms with Gasteiger partial charge in [0.2, 0.25) is 11.7 Å². The maximum Gasteiger partial charge on any atom is 0.239 e. The number of carbonyl (C=O) groups excluding carboxylic acids is 2. The molecule has 1 aliphatic heterocycles. The van der Waals surface area contributed by atoms with E-state index in [2.05, 4.69) is 19.6 Å². The van der Waals surface area contributed by atoms with E-state index in [4.69, 9.17) is 28.9 Å². The summed E-state index contributed by atoms with van der Waals surface area (Å²) in [6.07, 6.45) is 12.3. The van der Waals surface area contributed by atoms with Crippen LogP contribution in [0.4, 0.5) is 0 Å². The summed E-state index contributed by atoms with van der Waals surface area (Å²) < 4.78 is 26.3. The molecule has 0 saturated heterocycles. The van der Waals surface area contributed by atoms with Crippen molar-refractivity contribution >= 4 is 17.9 Å². The van der Waals surface area contributed by atoms with Crippen molar-refractivity contribution in [2.24, 2.45) is 28.8 Å². The van der Waals surface area contributed by atoms with Gasteiger partial charge < -0.3 is 38.9 Å². The Morgan fingerprint density at radius 1 is 1.00 bits per heavy atom. The second kappa shape index (κ2) is 20.1. The van der Waals surface area contributed by atoms with Gasteiger partial charge in [0.05, 0.1) is 30.9 Å². The van der Waals surface area contributed by atoms with Gasteiger partial charge in [0.25, 0.3) is 0 Å². The Morgan fingerprint density at radius 3 is 2.45 bits per heavy atom. The molecule has 2 saturated carbocycles. The molecule has 60 heavy (non-hydrogen) atoms. The third-order valence-electron chi connectivity index (χ3n) is 12.5. The normalized spacial score (nSPS) is 24.6. The number of ether oxygens (including phenoxy) is 4. The molecule has 2 fully saturated rings. The fourth-order valence-corrected chi connectivity index (χ4v) is 9.70. The summed E-state index contributed by atoms with van der Waals surface area (Å²) in [6.45, 7) is 7.36. The second-order valence-corrected chi connectivity index (χ2v) is 16.5. The Bertz CT molecular complexity index is 2010. The Balaban J connectivity index is 1.42. The first-order chi connectivity index (χ1) is 29.4. The van der Waals surface area contributed by atoms with E-state index in [0.29, 0.717) is 54.4 Å². The molecule has 2 N–H and O–H groups in total. The largest absolute Gasteiger partial charge is 0.496 e. The zero-order valence-electron chi connectivity index (χ0n) is 35.0. The molecule has 4 aliphatic rings. The van der Waals surface area contributed by atoms with Crippen molar-refractivity contribution in [3.05, 3.63) is 108 Å². The number of carbonyl (C=O) groups is 2. The Hall–Kier alpha value is -4.97. The van der Waals surface area contributed by atoms with Gasteiger partial charge in [-0.2, -0.15) is 0 Å². The van der Waals surface area contributed by atoms with Crippen molar-refractivity contribution in [1.29, 1.82) is 0 Å². The summed E-state index contributed by atoms with van der Waals surface area (Å²) >= 11 is 0. The summed E-state index contributed by atoms with van der Waals surface area (Å²) in [5.74, 6) is 0.498. The van der Waals surface area contributed by atoms with Crippen molar-refractivity contribution < 1.29 is 43.6 Å². The number of benzene rings is 3. The van der Waals surface area contributed by atoms with Gasteiger partial charge in [-0.25, -0.2) is 0 Å². The molecule has 0 aromatic heterocycles. The van der Waals surface area contributed by atoms with Crippen molar-refractivity contribution in [3.8, 4) is 23.0 Å². The fraction of sp³-hybridized carbons (Fsp3) is 0.490. The molecule has 3 aromatic carbocycles. The van der Waals surface area contributed by atoms with Crippen LogP contribution in [0.15, 0.2) is 96.2 Å². The molecular formula is C49H60N2O9. The zero-order chi connectivity index (χ0) is 42.1. The molecular weight excluding hydrogens is 761 g/mol. The number of aldehydes is 1. The average molecular weight is 821 g/mol. The lowest BCUT2D eigenvalue weighted by Gasteiger charge is -2.60. The number of hydrogen-bond acceptors (Lipinski definition) is 10. The standard InChI is InChI=1S/C49H60N2O9/c1-4-23-51(48(55)34-17-18-34)45-30-42(50-58-32-33-13-7-6-8-14-33)40-28-35(15-9-11-24-52)39(16-10-12-25-53)46-41-29-38(59-37-19-21-43(56-3)36(27-37)31-54)20-22-44(41)60-49(45,47(40)46)57-26-5-2/h5-8,13-14,19-22,27-29,31,34-35,39,45-47,52-53H,2,4,9-12,15-18,23-26,30,32H2,1,3H3/t35-,39+,45-,46+,47+,49+/m0/s1. The molecule has 0 unspecified atom stereocenters. The SMILES string of the molecule is C=CCO[C@@]12Oc3ccc(Oc4ccc(OC)c(C=O)c4)cc3[C@H]3[C@H](CCCCO)[C@@H](CCCCO)C=C(C(=NOCc4ccccc4)C[C@@H]1N(CCC)C(=O)C1CC1)[C@H]32. The summed E-state index contributed by atoms with van der Waals surface area (Å²) in [6, 6.07) is 20.4. The average Bonchev–Trinajstić information content (AvgIpc) is 4.13. The number of hydrogen-bond donors (Lipinski definition) is 2. The van der Waals surface area contributed by atoms with E-state index in [-0.39, 0.29) is 56.0 Å². The predicted molar refractivity (Wildman–Crippen MR) is 229 cm³/mol. The number of rotatable bonds is 22. The maximum atomic E-state index is 14.4. The zero-order valence-corrected chi connectivity index (χ0v) is 35.0. The molecule has 1 heterocycles. The fourth-order valence-electron chi connectivity index (χ4n) is 9.70. The van der Waals surface area contributed by atoms with E-state index < -0.39 is 17.7 Å². The van der Waals surface area contributed by atoms with Crippen LogP contribution in [0.25, 0.3) is 0 Å². The van der Waals surface area contributed by atoms with Gasteiger partial charge in [0, 0.05) is 43.6 Å². The quantitative estimate of drug-likeness (QED) is 0.0441. The first-order valence-electron chi connectivity index (χ1n) is 21.7. The minimum absolute atomic E-state index is 0.0304. The topological polar surface area (TPSA) is 136 Å². The molecule has 1 amide bonds. The van der Waals surface area contributed by atoms with Crippen LogP contribution in [0.3, 0.4) is 0 Å². The highest BCUT2D eigenvalue weighted by molar-refractivity contribution is 6.03. The smallest absolute Gasteiger partial charge is 0.239 e. The van der Waals surface area contributed by atoms with Crippen LogP contribution in [0, 0.1) is 23.7 Å². The van der Waals surface area contributed by atoms with Gasteiger partial charge in [-0.3, -0.25) is 9.59 Å². The van der Waals surface area contributed by atoms with E-state index in [0.717, 1.165) is 73.6 Å². The lowest BCUT2D eigenvalue weighted by Crippen LogP contribution is -2.70. The number of unbranched alkanes of at least 4 members (excludes halogenated alkanes) is 2. The molecule has 6 atom stereocenters. The summed E-state index contributed by atoms with van der Waals surface area (Å²) in [5, 5.41) is 24.8. The number of nitrogens with zero attached hydrogens (tertiary/aromatic N) is 2. The molecule has 320 valence electrons. The molecule has 11 nitrogen and oxygen atoms in total. The van der Waals surface area contributed by atoms with Crippen molar-refractivity contribution in [3.63, 3.8) is 0 Å². The van der Waals surface area contributed by atoms with Crippen molar-refractivity contribution in [2.45, 2.75) is 95.5 Å². The van der Waals surface area contributed by atoms with Crippen molar-refractivity contribution in [1.82, 2.24) is 4.90 Å². The van der Waals surface area contributed by atoms with Crippen LogP contribution in [0.5, 0.6) is 23.0 Å². The van der Waals surface area contributed by atoms with Crippen LogP contribution in [0.2, 0.25) is 0 Å². The Morgan fingerprint density at radius 2 is 1.75 bits per heavy atom. The first kappa shape index (κ1) is 43.1. The third-order valence-corrected chi connectivity index (χ3v) is 12.5. The van der Waals surface area contributed by atoms with Crippen LogP contribution in [-0.2, 0) is 21.0 Å². The Kier molecular flexibility index (Phi) is 14.4. The van der Waals surface area contributed by atoms with Crippen LogP contribution in [-0.4, -0.2) is 78.3 Å². The number of aliphatic hydroxyl groups is 2. The van der Waals surface area contributed by atoms with Gasteiger partial charge in [0.1, 0.15) is 35.6 Å². The first-order valence-corrected chi connectivity index (χ1v) is 21.7. The number of oxime groups is 1. The molecule has 0 bridgehead atoms. The van der Waals surface area contributed by atoms with E-state index in [1.54, 1.807) is 24.3 Å². The van der Waals surface area contributed by atoms with Crippen LogP contribution in [0.1, 0.15) is 98.5 Å². The van der Waals surface area contributed by atoms with Crippen molar-refractivity contribution in [2.75, 3.05) is 33.5 Å². The van der Waals surface area contributed by atoms with Gasteiger partial charge in [0.15, 0.2) is 6.29 Å². The minimum Gasteiger partial charge on any atom is -0.496 e. The lowest BCUT2D eigenvalue weighted by molar-refractivity contribution is -0.257. The highest BCUT2D eigenvalue weighted by atomic mass is 16.7. The highest BCUT2D eigenvalue weighted by Gasteiger charge is 2.65. The molecule has 3 aromatic rings. The van der Waals surface area contributed by atoms with Gasteiger partial charge in [-0.05, 0) is 104 Å². The summed E-state index contributed by atoms with van der Waals surface area (Å²) in [4.78, 5) is 34.6. The molecule has 3 aliphatic carbocycles. The van der Waals surface area contributed by atoms with E-state index >= 15 is 0 Å². The van der Waals surface area contributed by atoms with Gasteiger partial charge >= 0.3 is 0 Å². The maximum absolute atomic E-state index is 14.4. The van der Waals surface area contributed by atoms with Crippen LogP contribution >= 0.6 is 0 Å². The van der Waals surface area contributed by atoms with Gasteiger partial charge in [-0.1, -0.05) is 67.4 Å². The van der Waals surface area contributed by atoms with E-state index in [9.17, 15) is 19.8 Å². The Labute approximate surface area is 354 Å². The summed E-state index contributed by atoms with van der Waals surface area (Å²) in [5.41, 5.74) is 4.08. The minimum atomic E-state index is -1.31. The van der Waals surface area contributed by atoms with E-state index in [1.165, 1.54) is 7.11 Å². The predicted octanol–water partition coefficient (Wildman–Crippen LogP) is 8.78. The number of methoxy groups -OCH3 is 1. The van der Waals surface area contributed by atoms with E-state index in [1.807, 2.05) is 53.4 Å². The highest BCUT2D eigenvalue weighted by Crippen LogP contribution is 2.62. The molecule has 11 heteroatoms. The molecule has 0 radical (unpaired) electrons. The number of aliphatic hydroxyl groups excluding tert-OH is 2. The van der Waals surface area contributed by atoms with Crippen LogP contribution < -0.4 is 14.2 Å². The number of allylic oxidation sites excluding steroid dienone is 1. The molecule has 0 spiro atoms.